The Morgan fingerprint density at radius 3 is 2.90 bits per heavy atom. The quantitative estimate of drug-likeness (QED) is 0.706. The van der Waals surface area contributed by atoms with E-state index in [2.05, 4.69) is 11.4 Å². The summed E-state index contributed by atoms with van der Waals surface area (Å²) in [5.74, 6) is -0.127. The standard InChI is InChI=1S/C15H22N4O2/c1-12-4-5-13(17)10-14(12)18-15(20)11-19(7-3-6-16)8-9-21-2/h4-5,10H,3,7-9,11,17H2,1-2H3,(H,18,20). The Labute approximate surface area is 125 Å². The summed E-state index contributed by atoms with van der Waals surface area (Å²) in [5, 5.41) is 11.5. The number of carbonyl (C=O) groups is 1. The first-order valence-electron chi connectivity index (χ1n) is 6.81. The fourth-order valence-corrected chi connectivity index (χ4v) is 1.87. The van der Waals surface area contributed by atoms with Gasteiger partial charge in [0.1, 0.15) is 0 Å². The van der Waals surface area contributed by atoms with Crippen LogP contribution in [0.4, 0.5) is 11.4 Å². The third kappa shape index (κ3) is 6.25. The van der Waals surface area contributed by atoms with Crippen molar-refractivity contribution < 1.29 is 9.53 Å². The second kappa shape index (κ2) is 8.95. The van der Waals surface area contributed by atoms with E-state index in [0.29, 0.717) is 37.5 Å². The second-order valence-electron chi connectivity index (χ2n) is 4.80. The number of hydrogen-bond donors (Lipinski definition) is 2. The molecule has 3 N–H and O–H groups in total. The number of nitrogens with zero attached hydrogens (tertiary/aromatic N) is 2. The van der Waals surface area contributed by atoms with Gasteiger partial charge < -0.3 is 15.8 Å². The van der Waals surface area contributed by atoms with Crippen molar-refractivity contribution in [3.8, 4) is 6.07 Å². The Morgan fingerprint density at radius 1 is 1.48 bits per heavy atom. The summed E-state index contributed by atoms with van der Waals surface area (Å²) in [6.07, 6.45) is 0.383. The first-order chi connectivity index (χ1) is 10.1. The maximum atomic E-state index is 12.1. The number of anilines is 2. The molecule has 21 heavy (non-hydrogen) atoms. The van der Waals surface area contributed by atoms with Crippen LogP contribution in [0.2, 0.25) is 0 Å². The van der Waals surface area contributed by atoms with Gasteiger partial charge in [-0.2, -0.15) is 5.26 Å². The molecule has 0 bridgehead atoms. The van der Waals surface area contributed by atoms with Gasteiger partial charge in [0.2, 0.25) is 5.91 Å². The highest BCUT2D eigenvalue weighted by atomic mass is 16.5. The zero-order valence-corrected chi connectivity index (χ0v) is 12.6. The van der Waals surface area contributed by atoms with Crippen molar-refractivity contribution in [2.45, 2.75) is 13.3 Å². The summed E-state index contributed by atoms with van der Waals surface area (Å²) < 4.78 is 5.01. The molecule has 6 heteroatoms. The van der Waals surface area contributed by atoms with E-state index in [9.17, 15) is 4.79 Å². The van der Waals surface area contributed by atoms with Crippen LogP contribution in [0.5, 0.6) is 0 Å². The van der Waals surface area contributed by atoms with Crippen LogP contribution in [0.3, 0.4) is 0 Å². The monoisotopic (exact) mass is 290 g/mol. The van der Waals surface area contributed by atoms with Gasteiger partial charge in [-0.3, -0.25) is 9.69 Å². The minimum atomic E-state index is -0.127. The van der Waals surface area contributed by atoms with Crippen LogP contribution in [0.15, 0.2) is 18.2 Å². The van der Waals surface area contributed by atoms with Gasteiger partial charge in [-0.05, 0) is 24.6 Å². The van der Waals surface area contributed by atoms with Crippen LogP contribution < -0.4 is 11.1 Å². The Hall–Kier alpha value is -2.10. The molecule has 0 spiro atoms. The Morgan fingerprint density at radius 2 is 2.24 bits per heavy atom. The summed E-state index contributed by atoms with van der Waals surface area (Å²) >= 11 is 0. The summed E-state index contributed by atoms with van der Waals surface area (Å²) in [5.41, 5.74) is 8.00. The van der Waals surface area contributed by atoms with E-state index < -0.39 is 0 Å². The maximum Gasteiger partial charge on any atom is 0.238 e. The molecular weight excluding hydrogens is 268 g/mol. The first kappa shape index (κ1) is 17.0. The number of methoxy groups -OCH3 is 1. The Balaban J connectivity index is 2.60. The molecule has 0 radical (unpaired) electrons. The van der Waals surface area contributed by atoms with E-state index in [1.54, 1.807) is 19.2 Å². The molecule has 0 unspecified atom stereocenters. The molecule has 0 aliphatic heterocycles. The Kier molecular flexibility index (Phi) is 7.23. The molecule has 0 aliphatic rings. The van der Waals surface area contributed by atoms with Crippen molar-refractivity contribution in [1.82, 2.24) is 4.90 Å². The lowest BCUT2D eigenvalue weighted by atomic mass is 10.2. The minimum absolute atomic E-state index is 0.127. The summed E-state index contributed by atoms with van der Waals surface area (Å²) in [6, 6.07) is 7.48. The van der Waals surface area contributed by atoms with Crippen molar-refractivity contribution in [3.63, 3.8) is 0 Å². The van der Waals surface area contributed by atoms with E-state index in [-0.39, 0.29) is 12.5 Å². The van der Waals surface area contributed by atoms with Gasteiger partial charge in [-0.25, -0.2) is 0 Å². The number of amides is 1. The van der Waals surface area contributed by atoms with E-state index in [4.69, 9.17) is 15.7 Å². The van der Waals surface area contributed by atoms with Crippen LogP contribution >= 0.6 is 0 Å². The number of carbonyl (C=O) groups excluding carboxylic acids is 1. The topological polar surface area (TPSA) is 91.4 Å². The molecular formula is C15H22N4O2. The molecule has 0 heterocycles. The lowest BCUT2D eigenvalue weighted by Gasteiger charge is -2.20. The molecule has 0 saturated carbocycles. The van der Waals surface area contributed by atoms with Gasteiger partial charge >= 0.3 is 0 Å². The molecule has 0 saturated heterocycles. The van der Waals surface area contributed by atoms with Crippen molar-refractivity contribution >= 4 is 17.3 Å². The fraction of sp³-hybridized carbons (Fsp3) is 0.467. The van der Waals surface area contributed by atoms with Crippen molar-refractivity contribution in [2.75, 3.05) is 44.4 Å². The van der Waals surface area contributed by atoms with Crippen molar-refractivity contribution in [3.05, 3.63) is 23.8 Å². The molecule has 1 aromatic rings. The molecule has 114 valence electrons. The van der Waals surface area contributed by atoms with Crippen LogP contribution in [0, 0.1) is 18.3 Å². The van der Waals surface area contributed by atoms with Crippen molar-refractivity contribution in [2.24, 2.45) is 0 Å². The molecule has 1 aromatic carbocycles. The lowest BCUT2D eigenvalue weighted by molar-refractivity contribution is -0.117. The summed E-state index contributed by atoms with van der Waals surface area (Å²) in [7, 11) is 1.61. The number of rotatable bonds is 8. The smallest absolute Gasteiger partial charge is 0.238 e. The number of nitrogens with two attached hydrogens (primary N) is 1. The van der Waals surface area contributed by atoms with Gasteiger partial charge in [0, 0.05) is 38.0 Å². The van der Waals surface area contributed by atoms with Crippen LogP contribution in [-0.2, 0) is 9.53 Å². The number of aryl methyl sites for hydroxylation is 1. The summed E-state index contributed by atoms with van der Waals surface area (Å²) in [6.45, 7) is 3.81. The predicted octanol–water partition coefficient (Wildman–Crippen LogP) is 1.38. The zero-order valence-electron chi connectivity index (χ0n) is 12.6. The molecule has 1 amide bonds. The highest BCUT2D eigenvalue weighted by molar-refractivity contribution is 5.93. The van der Waals surface area contributed by atoms with E-state index >= 15 is 0 Å². The number of hydrogen-bond acceptors (Lipinski definition) is 5. The zero-order chi connectivity index (χ0) is 15.7. The van der Waals surface area contributed by atoms with Crippen LogP contribution in [0.25, 0.3) is 0 Å². The van der Waals surface area contributed by atoms with Crippen LogP contribution in [-0.4, -0.2) is 44.2 Å². The summed E-state index contributed by atoms with van der Waals surface area (Å²) in [4.78, 5) is 14.0. The highest BCUT2D eigenvalue weighted by Crippen LogP contribution is 2.17. The molecule has 0 aromatic heterocycles. The number of nitriles is 1. The van der Waals surface area contributed by atoms with Gasteiger partial charge in [0.15, 0.2) is 0 Å². The second-order valence-corrected chi connectivity index (χ2v) is 4.80. The number of benzene rings is 1. The largest absolute Gasteiger partial charge is 0.399 e. The van der Waals surface area contributed by atoms with Crippen molar-refractivity contribution in [1.29, 1.82) is 5.26 Å². The van der Waals surface area contributed by atoms with E-state index in [0.717, 1.165) is 5.56 Å². The predicted molar refractivity (Wildman–Crippen MR) is 82.8 cm³/mol. The van der Waals surface area contributed by atoms with E-state index in [1.807, 2.05) is 17.9 Å². The lowest BCUT2D eigenvalue weighted by Crippen LogP contribution is -2.36. The first-order valence-corrected chi connectivity index (χ1v) is 6.81. The molecule has 0 aliphatic carbocycles. The number of nitrogen functional groups attached to an aromatic ring is 1. The average molecular weight is 290 g/mol. The SMILES string of the molecule is COCCN(CCC#N)CC(=O)Nc1cc(N)ccc1C. The molecule has 1 rings (SSSR count). The molecule has 0 fully saturated rings. The number of ether oxygens (including phenoxy) is 1. The average Bonchev–Trinajstić information content (AvgIpc) is 2.45. The third-order valence-corrected chi connectivity index (χ3v) is 3.05. The Bertz CT molecular complexity index is 511. The van der Waals surface area contributed by atoms with Gasteiger partial charge in [0.25, 0.3) is 0 Å². The normalized spacial score (nSPS) is 10.4. The van der Waals surface area contributed by atoms with E-state index in [1.165, 1.54) is 0 Å². The van der Waals surface area contributed by atoms with Gasteiger partial charge in [0.05, 0.1) is 19.2 Å². The third-order valence-electron chi connectivity index (χ3n) is 3.05. The molecule has 0 atom stereocenters. The highest BCUT2D eigenvalue weighted by Gasteiger charge is 2.11. The van der Waals surface area contributed by atoms with Gasteiger partial charge in [-0.15, -0.1) is 0 Å². The maximum absolute atomic E-state index is 12.1. The fourth-order valence-electron chi connectivity index (χ4n) is 1.87. The minimum Gasteiger partial charge on any atom is -0.399 e. The number of nitrogens with one attached hydrogen (secondary N) is 1. The van der Waals surface area contributed by atoms with Gasteiger partial charge in [-0.1, -0.05) is 6.07 Å². The van der Waals surface area contributed by atoms with Crippen LogP contribution in [0.1, 0.15) is 12.0 Å². The molecule has 6 nitrogen and oxygen atoms in total.